The summed E-state index contributed by atoms with van der Waals surface area (Å²) in [6.07, 6.45) is 9.53. The van der Waals surface area contributed by atoms with Crippen molar-refractivity contribution in [3.63, 3.8) is 0 Å². The number of hydrogen-bond donors (Lipinski definition) is 1. The molecular weight excluding hydrogens is 204 g/mol. The van der Waals surface area contributed by atoms with Gasteiger partial charge in [-0.25, -0.2) is 0 Å². The minimum atomic E-state index is -1.65. The fourth-order valence-electron chi connectivity index (χ4n) is 1.71. The number of hydrogen-bond acceptors (Lipinski definition) is 3. The van der Waals surface area contributed by atoms with Gasteiger partial charge in [-0.1, -0.05) is 58.3 Å². The molecule has 0 aliphatic rings. The summed E-state index contributed by atoms with van der Waals surface area (Å²) in [5.74, 6) is -1.37. The van der Waals surface area contributed by atoms with Crippen molar-refractivity contribution in [1.82, 2.24) is 0 Å². The first-order valence-electron chi connectivity index (χ1n) is 6.44. The molecule has 0 aromatic heterocycles. The quantitative estimate of drug-likeness (QED) is 0.583. The van der Waals surface area contributed by atoms with Crippen molar-refractivity contribution in [2.24, 2.45) is 0 Å². The van der Waals surface area contributed by atoms with Crippen LogP contribution in [-0.2, 0) is 4.79 Å². The number of aliphatic hydroxyl groups is 1. The lowest BCUT2D eigenvalue weighted by Gasteiger charge is -2.23. The smallest absolute Gasteiger partial charge is 0.101 e. The van der Waals surface area contributed by atoms with Crippen LogP contribution in [0.3, 0.4) is 0 Å². The molecule has 0 aromatic carbocycles. The second-order valence-electron chi connectivity index (χ2n) is 4.79. The molecule has 0 aliphatic heterocycles. The topological polar surface area (TPSA) is 60.4 Å². The fourth-order valence-corrected chi connectivity index (χ4v) is 1.71. The van der Waals surface area contributed by atoms with E-state index in [1.807, 2.05) is 0 Å². The highest BCUT2D eigenvalue weighted by Gasteiger charge is 2.20. The van der Waals surface area contributed by atoms with E-state index in [2.05, 4.69) is 6.92 Å². The maximum atomic E-state index is 10.5. The zero-order valence-electron chi connectivity index (χ0n) is 10.6. The van der Waals surface area contributed by atoms with Gasteiger partial charge in [0.2, 0.25) is 0 Å². The van der Waals surface area contributed by atoms with Gasteiger partial charge >= 0.3 is 0 Å². The second kappa shape index (κ2) is 8.57. The van der Waals surface area contributed by atoms with E-state index in [0.717, 1.165) is 19.3 Å². The number of unbranched alkanes of at least 4 members (excludes halogenated alkanes) is 7. The van der Waals surface area contributed by atoms with Crippen molar-refractivity contribution < 1.29 is 15.0 Å². The van der Waals surface area contributed by atoms with Crippen molar-refractivity contribution >= 4 is 5.97 Å². The third-order valence-corrected chi connectivity index (χ3v) is 2.96. The monoisotopic (exact) mass is 229 g/mol. The van der Waals surface area contributed by atoms with E-state index in [1.54, 1.807) is 0 Å². The predicted molar refractivity (Wildman–Crippen MR) is 62.9 cm³/mol. The predicted octanol–water partition coefficient (Wildman–Crippen LogP) is 2.02. The first-order chi connectivity index (χ1) is 7.50. The Kier molecular flexibility index (Phi) is 8.26. The maximum Gasteiger partial charge on any atom is 0.101 e. The van der Waals surface area contributed by atoms with Crippen LogP contribution in [-0.4, -0.2) is 16.7 Å². The lowest BCUT2D eigenvalue weighted by Crippen LogP contribution is -2.45. The Balaban J connectivity index is 3.30. The van der Waals surface area contributed by atoms with E-state index in [9.17, 15) is 15.0 Å². The highest BCUT2D eigenvalue weighted by Crippen LogP contribution is 2.15. The molecule has 0 heterocycles. The molecule has 3 nitrogen and oxygen atoms in total. The summed E-state index contributed by atoms with van der Waals surface area (Å²) in [5.41, 5.74) is -1.65. The molecule has 0 bridgehead atoms. The van der Waals surface area contributed by atoms with Crippen LogP contribution >= 0.6 is 0 Å². The van der Waals surface area contributed by atoms with Gasteiger partial charge in [-0.05, 0) is 13.3 Å². The Hall–Kier alpha value is -0.570. The van der Waals surface area contributed by atoms with Crippen molar-refractivity contribution in [2.45, 2.75) is 77.2 Å². The first kappa shape index (κ1) is 15.4. The molecule has 0 rings (SSSR count). The SMILES string of the molecule is CCCCCCCCCCC(C)(O)C(=O)[O-]. The first-order valence-corrected chi connectivity index (χ1v) is 6.44. The van der Waals surface area contributed by atoms with Gasteiger partial charge in [0, 0.05) is 0 Å². The van der Waals surface area contributed by atoms with E-state index in [1.165, 1.54) is 39.0 Å². The van der Waals surface area contributed by atoms with Gasteiger partial charge in [0.05, 0.1) is 5.97 Å². The molecule has 0 radical (unpaired) electrons. The van der Waals surface area contributed by atoms with Gasteiger partial charge in [-0.3, -0.25) is 0 Å². The number of rotatable bonds is 10. The molecule has 0 saturated carbocycles. The summed E-state index contributed by atoms with van der Waals surface area (Å²) in [4.78, 5) is 10.5. The Morgan fingerprint density at radius 2 is 1.50 bits per heavy atom. The van der Waals surface area contributed by atoms with E-state index in [-0.39, 0.29) is 0 Å². The Morgan fingerprint density at radius 1 is 1.06 bits per heavy atom. The standard InChI is InChI=1S/C13H26O3/c1-3-4-5-6-7-8-9-10-11-13(2,16)12(14)15/h16H,3-11H2,1-2H3,(H,14,15)/p-1. The zero-order chi connectivity index (χ0) is 12.4. The van der Waals surface area contributed by atoms with Gasteiger partial charge in [-0.2, -0.15) is 0 Å². The Bertz CT molecular complexity index is 188. The lowest BCUT2D eigenvalue weighted by atomic mass is 9.98. The van der Waals surface area contributed by atoms with Gasteiger partial charge in [0.1, 0.15) is 5.60 Å². The minimum absolute atomic E-state index is 0.296. The van der Waals surface area contributed by atoms with Crippen LogP contribution in [0.2, 0.25) is 0 Å². The van der Waals surface area contributed by atoms with E-state index in [4.69, 9.17) is 0 Å². The molecule has 1 N–H and O–H groups in total. The minimum Gasteiger partial charge on any atom is -0.547 e. The summed E-state index contributed by atoms with van der Waals surface area (Å²) >= 11 is 0. The molecule has 1 unspecified atom stereocenters. The summed E-state index contributed by atoms with van der Waals surface area (Å²) in [6.45, 7) is 3.51. The van der Waals surface area contributed by atoms with Gasteiger partial charge in [-0.15, -0.1) is 0 Å². The molecular formula is C13H25O3-. The van der Waals surface area contributed by atoms with E-state index >= 15 is 0 Å². The number of carboxylic acid groups (broad SMARTS) is 1. The van der Waals surface area contributed by atoms with Crippen LogP contribution in [0.5, 0.6) is 0 Å². The molecule has 3 heteroatoms. The van der Waals surface area contributed by atoms with E-state index < -0.39 is 11.6 Å². The highest BCUT2D eigenvalue weighted by molar-refractivity contribution is 5.74. The highest BCUT2D eigenvalue weighted by atomic mass is 16.4. The molecule has 1 atom stereocenters. The van der Waals surface area contributed by atoms with Crippen LogP contribution in [0.1, 0.15) is 71.6 Å². The molecule has 0 amide bonds. The van der Waals surface area contributed by atoms with Gasteiger partial charge < -0.3 is 15.0 Å². The molecule has 0 spiro atoms. The van der Waals surface area contributed by atoms with E-state index in [0.29, 0.717) is 6.42 Å². The lowest BCUT2D eigenvalue weighted by molar-refractivity contribution is -0.324. The molecule has 0 aromatic rings. The summed E-state index contributed by atoms with van der Waals surface area (Å²) in [6, 6.07) is 0. The van der Waals surface area contributed by atoms with Crippen molar-refractivity contribution in [2.75, 3.05) is 0 Å². The van der Waals surface area contributed by atoms with Gasteiger partial charge in [0.25, 0.3) is 0 Å². The zero-order valence-corrected chi connectivity index (χ0v) is 10.6. The van der Waals surface area contributed by atoms with Crippen LogP contribution in [0.4, 0.5) is 0 Å². The Morgan fingerprint density at radius 3 is 1.94 bits per heavy atom. The van der Waals surface area contributed by atoms with Gasteiger partial charge in [0.15, 0.2) is 0 Å². The summed E-state index contributed by atoms with van der Waals surface area (Å²) < 4.78 is 0. The number of carboxylic acids is 1. The average molecular weight is 229 g/mol. The van der Waals surface area contributed by atoms with Crippen molar-refractivity contribution in [1.29, 1.82) is 0 Å². The molecule has 16 heavy (non-hydrogen) atoms. The molecule has 0 fully saturated rings. The third-order valence-electron chi connectivity index (χ3n) is 2.96. The number of carbonyl (C=O) groups is 1. The van der Waals surface area contributed by atoms with Crippen molar-refractivity contribution in [3.8, 4) is 0 Å². The summed E-state index contributed by atoms with van der Waals surface area (Å²) in [7, 11) is 0. The third kappa shape index (κ3) is 7.69. The average Bonchev–Trinajstić information content (AvgIpc) is 2.21. The van der Waals surface area contributed by atoms with Crippen LogP contribution in [0, 0.1) is 0 Å². The largest absolute Gasteiger partial charge is 0.547 e. The second-order valence-corrected chi connectivity index (χ2v) is 4.79. The number of aliphatic carboxylic acids is 1. The fraction of sp³-hybridized carbons (Fsp3) is 0.923. The Labute approximate surface area is 98.9 Å². The normalized spacial score (nSPS) is 14.7. The molecule has 0 aliphatic carbocycles. The van der Waals surface area contributed by atoms with Crippen LogP contribution in [0.25, 0.3) is 0 Å². The molecule has 0 saturated heterocycles. The maximum absolute atomic E-state index is 10.5. The van der Waals surface area contributed by atoms with Crippen LogP contribution < -0.4 is 5.11 Å². The molecule has 96 valence electrons. The number of carbonyl (C=O) groups excluding carboxylic acids is 1. The summed E-state index contributed by atoms with van der Waals surface area (Å²) in [5, 5.41) is 19.9. The van der Waals surface area contributed by atoms with Crippen molar-refractivity contribution in [3.05, 3.63) is 0 Å². The van der Waals surface area contributed by atoms with Crippen LogP contribution in [0.15, 0.2) is 0 Å².